The van der Waals surface area contributed by atoms with Gasteiger partial charge in [-0.05, 0) is 43.1 Å². The molecular formula is C15H19BrN2O2. The number of rotatable bonds is 6. The third kappa shape index (κ3) is 4.35. The molecule has 20 heavy (non-hydrogen) atoms. The molecule has 0 aliphatic rings. The third-order valence-corrected chi connectivity index (χ3v) is 3.22. The summed E-state index contributed by atoms with van der Waals surface area (Å²) in [7, 11) is 0. The molecule has 0 fully saturated rings. The van der Waals surface area contributed by atoms with Gasteiger partial charge in [0.2, 0.25) is 0 Å². The lowest BCUT2D eigenvalue weighted by atomic mass is 10.2. The standard InChI is InChI=1S/C15H19BrN2O2/c1-10(2)7-17-8-13-9-19-15(18-13)20-14-5-4-12(16)6-11(14)3/h4-6,9-10,17H,7-8H2,1-3H3. The zero-order valence-electron chi connectivity index (χ0n) is 11.9. The van der Waals surface area contributed by atoms with Crippen LogP contribution in [0, 0.1) is 12.8 Å². The Labute approximate surface area is 127 Å². The van der Waals surface area contributed by atoms with E-state index < -0.39 is 0 Å². The summed E-state index contributed by atoms with van der Waals surface area (Å²) < 4.78 is 12.0. The average molecular weight is 339 g/mol. The van der Waals surface area contributed by atoms with Gasteiger partial charge in [-0.1, -0.05) is 29.8 Å². The van der Waals surface area contributed by atoms with Crippen LogP contribution in [0.1, 0.15) is 25.1 Å². The Hall–Kier alpha value is -1.33. The molecule has 0 spiro atoms. The van der Waals surface area contributed by atoms with Gasteiger partial charge in [0.15, 0.2) is 0 Å². The van der Waals surface area contributed by atoms with Gasteiger partial charge < -0.3 is 14.5 Å². The van der Waals surface area contributed by atoms with Gasteiger partial charge in [0, 0.05) is 11.0 Å². The highest BCUT2D eigenvalue weighted by atomic mass is 79.9. The number of ether oxygens (including phenoxy) is 1. The van der Waals surface area contributed by atoms with Gasteiger partial charge in [-0.25, -0.2) is 0 Å². The van der Waals surface area contributed by atoms with Crippen LogP contribution in [-0.4, -0.2) is 11.5 Å². The summed E-state index contributed by atoms with van der Waals surface area (Å²) in [5.41, 5.74) is 1.87. The van der Waals surface area contributed by atoms with Crippen molar-refractivity contribution in [3.05, 3.63) is 40.2 Å². The van der Waals surface area contributed by atoms with E-state index in [0.717, 1.165) is 28.0 Å². The molecule has 0 radical (unpaired) electrons. The first-order valence-corrected chi connectivity index (χ1v) is 7.43. The number of aryl methyl sites for hydroxylation is 1. The van der Waals surface area contributed by atoms with Gasteiger partial charge in [-0.2, -0.15) is 4.98 Å². The molecule has 4 nitrogen and oxygen atoms in total. The molecule has 0 aliphatic heterocycles. The first-order chi connectivity index (χ1) is 9.54. The molecule has 0 bridgehead atoms. The molecule has 2 aromatic rings. The molecule has 0 aliphatic carbocycles. The normalized spacial score (nSPS) is 11.1. The zero-order chi connectivity index (χ0) is 14.5. The van der Waals surface area contributed by atoms with Crippen molar-refractivity contribution in [3.8, 4) is 11.8 Å². The van der Waals surface area contributed by atoms with Crippen molar-refractivity contribution < 1.29 is 9.15 Å². The molecule has 1 aromatic carbocycles. The van der Waals surface area contributed by atoms with Crippen LogP contribution in [0.5, 0.6) is 11.8 Å². The predicted octanol–water partition coefficient (Wildman–Crippen LogP) is 4.28. The Morgan fingerprint density at radius 2 is 2.20 bits per heavy atom. The highest BCUT2D eigenvalue weighted by Crippen LogP contribution is 2.26. The van der Waals surface area contributed by atoms with Crippen molar-refractivity contribution in [3.63, 3.8) is 0 Å². The molecule has 0 saturated heterocycles. The molecule has 0 unspecified atom stereocenters. The number of halogens is 1. The fraction of sp³-hybridized carbons (Fsp3) is 0.400. The molecule has 1 heterocycles. The van der Waals surface area contributed by atoms with Crippen LogP contribution >= 0.6 is 15.9 Å². The largest absolute Gasteiger partial charge is 0.417 e. The third-order valence-electron chi connectivity index (χ3n) is 2.72. The summed E-state index contributed by atoms with van der Waals surface area (Å²) in [6.07, 6.45) is 1.90. The number of hydrogen-bond donors (Lipinski definition) is 1. The number of hydrogen-bond acceptors (Lipinski definition) is 4. The van der Waals surface area contributed by atoms with Crippen molar-refractivity contribution in [2.75, 3.05) is 6.54 Å². The predicted molar refractivity (Wildman–Crippen MR) is 82.0 cm³/mol. The minimum Gasteiger partial charge on any atom is -0.417 e. The Morgan fingerprint density at radius 1 is 1.40 bits per heavy atom. The molecule has 1 N–H and O–H groups in total. The Bertz CT molecular complexity index is 567. The summed E-state index contributed by atoms with van der Waals surface area (Å²) in [5, 5.41) is 3.31. The maximum Gasteiger partial charge on any atom is 0.399 e. The lowest BCUT2D eigenvalue weighted by Gasteiger charge is -2.05. The van der Waals surface area contributed by atoms with Gasteiger partial charge in [0.25, 0.3) is 0 Å². The summed E-state index contributed by atoms with van der Waals surface area (Å²) in [6.45, 7) is 7.95. The molecular weight excluding hydrogens is 320 g/mol. The van der Waals surface area contributed by atoms with E-state index in [0.29, 0.717) is 12.5 Å². The van der Waals surface area contributed by atoms with Gasteiger partial charge in [-0.3, -0.25) is 0 Å². The first-order valence-electron chi connectivity index (χ1n) is 6.63. The summed E-state index contributed by atoms with van der Waals surface area (Å²) in [5.74, 6) is 1.36. The van der Waals surface area contributed by atoms with Crippen LogP contribution in [0.2, 0.25) is 0 Å². The molecule has 0 saturated carbocycles. The maximum absolute atomic E-state index is 5.65. The Morgan fingerprint density at radius 3 is 2.90 bits per heavy atom. The lowest BCUT2D eigenvalue weighted by molar-refractivity contribution is 0.329. The van der Waals surface area contributed by atoms with E-state index in [1.165, 1.54) is 0 Å². The summed E-state index contributed by atoms with van der Waals surface area (Å²) >= 11 is 3.42. The highest BCUT2D eigenvalue weighted by molar-refractivity contribution is 9.10. The first kappa shape index (κ1) is 15.1. The van der Waals surface area contributed by atoms with Crippen molar-refractivity contribution in [2.24, 2.45) is 5.92 Å². The van der Waals surface area contributed by atoms with E-state index in [9.17, 15) is 0 Å². The number of benzene rings is 1. The molecule has 0 amide bonds. The number of nitrogens with zero attached hydrogens (tertiary/aromatic N) is 1. The van der Waals surface area contributed by atoms with Gasteiger partial charge in [0.1, 0.15) is 12.0 Å². The number of aromatic nitrogens is 1. The summed E-state index contributed by atoms with van der Waals surface area (Å²) in [4.78, 5) is 4.30. The quantitative estimate of drug-likeness (QED) is 0.853. The second-order valence-electron chi connectivity index (χ2n) is 5.14. The van der Waals surface area contributed by atoms with E-state index in [-0.39, 0.29) is 6.08 Å². The maximum atomic E-state index is 5.65. The van der Waals surface area contributed by atoms with Crippen LogP contribution in [-0.2, 0) is 6.54 Å². The van der Waals surface area contributed by atoms with Crippen molar-refractivity contribution in [1.82, 2.24) is 10.3 Å². The zero-order valence-corrected chi connectivity index (χ0v) is 13.5. The van der Waals surface area contributed by atoms with Crippen molar-refractivity contribution in [1.29, 1.82) is 0 Å². The van der Waals surface area contributed by atoms with Gasteiger partial charge in [0.05, 0.1) is 5.69 Å². The van der Waals surface area contributed by atoms with Crippen LogP contribution in [0.15, 0.2) is 33.4 Å². The highest BCUT2D eigenvalue weighted by Gasteiger charge is 2.08. The van der Waals surface area contributed by atoms with Crippen molar-refractivity contribution in [2.45, 2.75) is 27.3 Å². The molecule has 0 atom stereocenters. The topological polar surface area (TPSA) is 47.3 Å². The minimum absolute atomic E-state index is 0.275. The fourth-order valence-corrected chi connectivity index (χ4v) is 2.20. The Kier molecular flexibility index (Phi) is 5.20. The lowest BCUT2D eigenvalue weighted by Crippen LogP contribution is -2.19. The van der Waals surface area contributed by atoms with E-state index in [4.69, 9.17) is 9.15 Å². The van der Waals surface area contributed by atoms with Crippen LogP contribution in [0.25, 0.3) is 0 Å². The second kappa shape index (κ2) is 6.90. The Balaban J connectivity index is 1.95. The van der Waals surface area contributed by atoms with E-state index in [2.05, 4.69) is 40.1 Å². The number of nitrogens with one attached hydrogen (secondary N) is 1. The number of oxazole rings is 1. The SMILES string of the molecule is Cc1cc(Br)ccc1Oc1nc(CNCC(C)C)co1. The van der Waals surface area contributed by atoms with Gasteiger partial charge >= 0.3 is 6.08 Å². The van der Waals surface area contributed by atoms with Crippen LogP contribution in [0.4, 0.5) is 0 Å². The minimum atomic E-state index is 0.275. The fourth-order valence-electron chi connectivity index (χ4n) is 1.73. The van der Waals surface area contributed by atoms with Crippen molar-refractivity contribution >= 4 is 15.9 Å². The van der Waals surface area contributed by atoms with E-state index in [1.807, 2.05) is 25.1 Å². The van der Waals surface area contributed by atoms with Crippen LogP contribution in [0.3, 0.4) is 0 Å². The van der Waals surface area contributed by atoms with Gasteiger partial charge in [-0.15, -0.1) is 0 Å². The van der Waals surface area contributed by atoms with E-state index in [1.54, 1.807) is 6.26 Å². The smallest absolute Gasteiger partial charge is 0.399 e. The van der Waals surface area contributed by atoms with Crippen LogP contribution < -0.4 is 10.1 Å². The molecule has 2 rings (SSSR count). The summed E-state index contributed by atoms with van der Waals surface area (Å²) in [6, 6.07) is 5.81. The molecule has 5 heteroatoms. The monoisotopic (exact) mass is 338 g/mol. The molecule has 108 valence electrons. The molecule has 1 aromatic heterocycles. The van der Waals surface area contributed by atoms with E-state index >= 15 is 0 Å². The second-order valence-corrected chi connectivity index (χ2v) is 6.06. The average Bonchev–Trinajstić information content (AvgIpc) is 2.80.